The van der Waals surface area contributed by atoms with Crippen LogP contribution in [0.3, 0.4) is 0 Å². The Morgan fingerprint density at radius 1 is 1.24 bits per heavy atom. The van der Waals surface area contributed by atoms with Crippen molar-refractivity contribution in [3.8, 4) is 5.75 Å². The van der Waals surface area contributed by atoms with E-state index in [-0.39, 0.29) is 5.91 Å². The second-order valence-corrected chi connectivity index (χ2v) is 7.66. The van der Waals surface area contributed by atoms with Crippen LogP contribution in [0.2, 0.25) is 5.02 Å². The maximum absolute atomic E-state index is 12.5. The highest BCUT2D eigenvalue weighted by molar-refractivity contribution is 7.99. The molecule has 4 nitrogen and oxygen atoms in total. The van der Waals surface area contributed by atoms with Crippen molar-refractivity contribution in [3.63, 3.8) is 0 Å². The van der Waals surface area contributed by atoms with E-state index < -0.39 is 0 Å². The molecule has 6 heteroatoms. The normalized spacial score (nSPS) is 14.4. The van der Waals surface area contributed by atoms with E-state index in [4.69, 9.17) is 16.3 Å². The molecule has 25 heavy (non-hydrogen) atoms. The van der Waals surface area contributed by atoms with E-state index in [1.54, 1.807) is 36.2 Å². The number of carbonyl (C=O) groups is 1. The smallest absolute Gasteiger partial charge is 0.254 e. The molecule has 3 rings (SSSR count). The highest BCUT2D eigenvalue weighted by Crippen LogP contribution is 2.35. The summed E-state index contributed by atoms with van der Waals surface area (Å²) in [6.45, 7) is 0.836. The Balaban J connectivity index is 1.50. The summed E-state index contributed by atoms with van der Waals surface area (Å²) in [5.41, 5.74) is 0.644. The first-order valence-electron chi connectivity index (χ1n) is 8.50. The molecule has 0 unspecified atom stereocenters. The van der Waals surface area contributed by atoms with Crippen molar-refractivity contribution in [1.29, 1.82) is 0 Å². The Kier molecular flexibility index (Phi) is 6.59. The number of amides is 1. The molecule has 1 heterocycles. The summed E-state index contributed by atoms with van der Waals surface area (Å²) in [7, 11) is 0. The van der Waals surface area contributed by atoms with Gasteiger partial charge >= 0.3 is 0 Å². The maximum atomic E-state index is 12.5. The number of ether oxygens (including phenoxy) is 1. The van der Waals surface area contributed by atoms with E-state index in [2.05, 4.69) is 10.3 Å². The van der Waals surface area contributed by atoms with Crippen molar-refractivity contribution >= 4 is 29.3 Å². The third kappa shape index (κ3) is 5.38. The molecule has 1 aromatic heterocycles. The predicted octanol–water partition coefficient (Wildman–Crippen LogP) is 4.58. The number of nitrogens with one attached hydrogen (secondary N) is 1. The van der Waals surface area contributed by atoms with Gasteiger partial charge in [-0.2, -0.15) is 0 Å². The fourth-order valence-electron chi connectivity index (χ4n) is 2.78. The van der Waals surface area contributed by atoms with Gasteiger partial charge in [0, 0.05) is 16.5 Å². The van der Waals surface area contributed by atoms with Gasteiger partial charge in [-0.15, -0.1) is 11.8 Å². The number of rotatable bonds is 7. The Morgan fingerprint density at radius 3 is 2.76 bits per heavy atom. The van der Waals surface area contributed by atoms with Gasteiger partial charge in [-0.05, 0) is 49.2 Å². The summed E-state index contributed by atoms with van der Waals surface area (Å²) < 4.78 is 5.59. The molecule has 0 atom stereocenters. The quantitative estimate of drug-likeness (QED) is 0.718. The molecule has 1 aromatic carbocycles. The summed E-state index contributed by atoms with van der Waals surface area (Å²) in [5.74, 6) is 0.630. The zero-order valence-electron chi connectivity index (χ0n) is 13.9. The van der Waals surface area contributed by atoms with Gasteiger partial charge in [-0.25, -0.2) is 4.98 Å². The van der Waals surface area contributed by atoms with E-state index in [1.165, 1.54) is 25.7 Å². The van der Waals surface area contributed by atoms with Crippen LogP contribution in [-0.4, -0.2) is 29.3 Å². The van der Waals surface area contributed by atoms with E-state index in [1.807, 2.05) is 18.2 Å². The lowest BCUT2D eigenvalue weighted by molar-refractivity contribution is 0.0943. The predicted molar refractivity (Wildman–Crippen MR) is 102 cm³/mol. The van der Waals surface area contributed by atoms with Crippen LogP contribution in [0.25, 0.3) is 0 Å². The summed E-state index contributed by atoms with van der Waals surface area (Å²) in [4.78, 5) is 16.9. The number of pyridine rings is 1. The molecule has 0 saturated heterocycles. The number of carbonyl (C=O) groups excluding carboxylic acids is 1. The van der Waals surface area contributed by atoms with Gasteiger partial charge in [0.25, 0.3) is 5.91 Å². The molecule has 0 spiro atoms. The first-order chi connectivity index (χ1) is 12.2. The van der Waals surface area contributed by atoms with Crippen LogP contribution in [0.1, 0.15) is 36.0 Å². The number of aromatic nitrogens is 1. The maximum Gasteiger partial charge on any atom is 0.254 e. The van der Waals surface area contributed by atoms with Crippen LogP contribution in [0, 0.1) is 0 Å². The lowest BCUT2D eigenvalue weighted by atomic mass is 10.2. The van der Waals surface area contributed by atoms with Gasteiger partial charge in [0.05, 0.1) is 12.1 Å². The van der Waals surface area contributed by atoms with E-state index in [0.29, 0.717) is 29.0 Å². The molecular formula is C19H21ClN2O2S. The van der Waals surface area contributed by atoms with Gasteiger partial charge in [0.2, 0.25) is 0 Å². The second-order valence-electron chi connectivity index (χ2n) is 5.94. The molecular weight excluding hydrogens is 356 g/mol. The molecule has 0 aliphatic heterocycles. The number of nitrogens with zero attached hydrogens (tertiary/aromatic N) is 1. The van der Waals surface area contributed by atoms with E-state index >= 15 is 0 Å². The minimum absolute atomic E-state index is 0.103. The largest absolute Gasteiger partial charge is 0.492 e. The van der Waals surface area contributed by atoms with Crippen LogP contribution >= 0.6 is 23.4 Å². The third-order valence-electron chi connectivity index (χ3n) is 4.07. The Labute approximate surface area is 157 Å². The van der Waals surface area contributed by atoms with Crippen LogP contribution in [0.15, 0.2) is 47.6 Å². The highest BCUT2D eigenvalue weighted by atomic mass is 35.5. The lowest BCUT2D eigenvalue weighted by Gasteiger charge is -2.12. The summed E-state index contributed by atoms with van der Waals surface area (Å²) >= 11 is 7.57. The molecule has 1 aliphatic carbocycles. The number of thioether (sulfide) groups is 1. The Bertz CT molecular complexity index is 703. The Morgan fingerprint density at radius 2 is 2.00 bits per heavy atom. The van der Waals surface area contributed by atoms with Crippen molar-refractivity contribution < 1.29 is 9.53 Å². The zero-order valence-corrected chi connectivity index (χ0v) is 15.5. The number of benzene rings is 1. The van der Waals surface area contributed by atoms with Crippen LogP contribution in [0.4, 0.5) is 0 Å². The molecule has 0 bridgehead atoms. The minimum Gasteiger partial charge on any atom is -0.492 e. The number of hydrogen-bond acceptors (Lipinski definition) is 4. The molecule has 132 valence electrons. The van der Waals surface area contributed by atoms with Gasteiger partial charge < -0.3 is 10.1 Å². The van der Waals surface area contributed by atoms with Crippen molar-refractivity contribution in [3.05, 3.63) is 53.2 Å². The summed E-state index contributed by atoms with van der Waals surface area (Å²) in [5, 5.41) is 4.98. The van der Waals surface area contributed by atoms with Gasteiger partial charge in [-0.1, -0.05) is 24.4 Å². The van der Waals surface area contributed by atoms with Crippen LogP contribution in [0.5, 0.6) is 5.75 Å². The topological polar surface area (TPSA) is 51.2 Å². The first kappa shape index (κ1) is 18.1. The van der Waals surface area contributed by atoms with Crippen LogP contribution in [-0.2, 0) is 0 Å². The molecule has 2 aromatic rings. The van der Waals surface area contributed by atoms with Crippen molar-refractivity contribution in [1.82, 2.24) is 10.3 Å². The fourth-order valence-corrected chi connectivity index (χ4v) is 4.20. The average Bonchev–Trinajstić information content (AvgIpc) is 3.13. The number of hydrogen-bond donors (Lipinski definition) is 1. The Hall–Kier alpha value is -1.72. The molecule has 1 N–H and O–H groups in total. The van der Waals surface area contributed by atoms with Crippen molar-refractivity contribution in [2.24, 2.45) is 0 Å². The van der Waals surface area contributed by atoms with Gasteiger partial charge in [0.15, 0.2) is 0 Å². The fraction of sp³-hybridized carbons (Fsp3) is 0.368. The molecule has 1 saturated carbocycles. The van der Waals surface area contributed by atoms with E-state index in [9.17, 15) is 4.79 Å². The highest BCUT2D eigenvalue weighted by Gasteiger charge is 2.20. The first-order valence-corrected chi connectivity index (χ1v) is 9.76. The third-order valence-corrected chi connectivity index (χ3v) is 5.67. The second kappa shape index (κ2) is 9.11. The summed E-state index contributed by atoms with van der Waals surface area (Å²) in [6, 6.07) is 10.8. The van der Waals surface area contributed by atoms with Crippen molar-refractivity contribution in [2.45, 2.75) is 36.0 Å². The standard InChI is InChI=1S/C19H21ClN2O2S/c20-14-7-9-15(10-8-14)24-13-12-21-18(23)17-6-3-11-22-19(17)25-16-4-1-2-5-16/h3,6-11,16H,1-2,4-5,12-13H2,(H,21,23). The molecule has 1 amide bonds. The average molecular weight is 377 g/mol. The summed E-state index contributed by atoms with van der Waals surface area (Å²) in [6.07, 6.45) is 6.70. The van der Waals surface area contributed by atoms with E-state index in [0.717, 1.165) is 10.8 Å². The monoisotopic (exact) mass is 376 g/mol. The molecule has 1 fully saturated rings. The number of halogens is 1. The minimum atomic E-state index is -0.103. The van der Waals surface area contributed by atoms with Gasteiger partial charge in [-0.3, -0.25) is 4.79 Å². The molecule has 1 aliphatic rings. The van der Waals surface area contributed by atoms with Crippen LogP contribution < -0.4 is 10.1 Å². The van der Waals surface area contributed by atoms with Gasteiger partial charge in [0.1, 0.15) is 17.4 Å². The van der Waals surface area contributed by atoms with Crippen molar-refractivity contribution in [2.75, 3.05) is 13.2 Å². The lowest BCUT2D eigenvalue weighted by Crippen LogP contribution is -2.28. The zero-order chi connectivity index (χ0) is 17.5. The SMILES string of the molecule is O=C(NCCOc1ccc(Cl)cc1)c1cccnc1SC1CCCC1. The molecule has 0 radical (unpaired) electrons.